The maximum absolute atomic E-state index is 12.4. The van der Waals surface area contributed by atoms with Crippen LogP contribution in [0.2, 0.25) is 0 Å². The molecule has 0 saturated carbocycles. The highest BCUT2D eigenvalue weighted by atomic mass is 16.5. The zero-order valence-electron chi connectivity index (χ0n) is 12.1. The first-order valence-corrected chi connectivity index (χ1v) is 7.04. The van der Waals surface area contributed by atoms with Crippen LogP contribution in [0.3, 0.4) is 0 Å². The van der Waals surface area contributed by atoms with Crippen molar-refractivity contribution in [2.75, 3.05) is 19.8 Å². The van der Waals surface area contributed by atoms with Crippen molar-refractivity contribution in [2.24, 2.45) is 5.73 Å². The van der Waals surface area contributed by atoms with Crippen LogP contribution in [0, 0.1) is 0 Å². The molecule has 1 aromatic carbocycles. The van der Waals surface area contributed by atoms with Crippen LogP contribution in [0.1, 0.15) is 25.3 Å². The molecular formula is C16H22N2O2. The number of fused-ring (bicyclic) bond motifs is 1. The summed E-state index contributed by atoms with van der Waals surface area (Å²) in [6, 6.07) is 8.04. The third kappa shape index (κ3) is 3.26. The third-order valence-electron chi connectivity index (χ3n) is 3.41. The molecule has 0 amide bonds. The van der Waals surface area contributed by atoms with Gasteiger partial charge in [-0.1, -0.05) is 26.0 Å². The summed E-state index contributed by atoms with van der Waals surface area (Å²) >= 11 is 0. The summed E-state index contributed by atoms with van der Waals surface area (Å²) in [5.74, 6) is 0.464. The molecule has 1 aromatic heterocycles. The Morgan fingerprint density at radius 2 is 2.05 bits per heavy atom. The molecule has 2 N–H and O–H groups in total. The highest BCUT2D eigenvalue weighted by Gasteiger charge is 2.05. The van der Waals surface area contributed by atoms with Gasteiger partial charge in [-0.2, -0.15) is 0 Å². The van der Waals surface area contributed by atoms with Gasteiger partial charge in [-0.3, -0.25) is 4.79 Å². The lowest BCUT2D eigenvalue weighted by Gasteiger charge is -2.10. The average molecular weight is 274 g/mol. The molecule has 0 aliphatic heterocycles. The molecule has 0 radical (unpaired) electrons. The van der Waals surface area contributed by atoms with E-state index in [-0.39, 0.29) is 5.56 Å². The molecular weight excluding hydrogens is 252 g/mol. The van der Waals surface area contributed by atoms with Gasteiger partial charge in [0, 0.05) is 24.7 Å². The lowest BCUT2D eigenvalue weighted by atomic mass is 10.0. The molecule has 0 bridgehead atoms. The minimum atomic E-state index is 0.0363. The van der Waals surface area contributed by atoms with E-state index < -0.39 is 0 Å². The van der Waals surface area contributed by atoms with Gasteiger partial charge in [0.1, 0.15) is 0 Å². The Bertz CT molecular complexity index is 632. The zero-order chi connectivity index (χ0) is 14.5. The number of hydrogen-bond donors (Lipinski definition) is 1. The van der Waals surface area contributed by atoms with Gasteiger partial charge in [0.2, 0.25) is 0 Å². The maximum atomic E-state index is 12.4. The van der Waals surface area contributed by atoms with Crippen molar-refractivity contribution in [1.82, 2.24) is 4.57 Å². The molecule has 108 valence electrons. The Balaban J connectivity index is 2.25. The normalized spacial score (nSPS) is 11.4. The fourth-order valence-corrected chi connectivity index (χ4v) is 2.19. The van der Waals surface area contributed by atoms with Crippen molar-refractivity contribution in [3.8, 4) is 0 Å². The van der Waals surface area contributed by atoms with E-state index in [4.69, 9.17) is 10.5 Å². The van der Waals surface area contributed by atoms with E-state index in [1.54, 1.807) is 4.57 Å². The molecule has 20 heavy (non-hydrogen) atoms. The quantitative estimate of drug-likeness (QED) is 0.821. The number of aromatic nitrogens is 1. The average Bonchev–Trinajstić information content (AvgIpc) is 2.45. The molecule has 0 aliphatic rings. The SMILES string of the molecule is CC(C)c1ccc2c(=O)n(CCOCCN)ccc2c1. The van der Waals surface area contributed by atoms with E-state index in [2.05, 4.69) is 19.9 Å². The van der Waals surface area contributed by atoms with Gasteiger partial charge >= 0.3 is 0 Å². The van der Waals surface area contributed by atoms with Crippen LogP contribution in [0.4, 0.5) is 0 Å². The summed E-state index contributed by atoms with van der Waals surface area (Å²) in [6.07, 6.45) is 1.83. The first-order chi connectivity index (χ1) is 9.63. The third-order valence-corrected chi connectivity index (χ3v) is 3.41. The molecule has 2 rings (SSSR count). The van der Waals surface area contributed by atoms with E-state index in [9.17, 15) is 4.79 Å². The van der Waals surface area contributed by atoms with Crippen molar-refractivity contribution < 1.29 is 4.74 Å². The van der Waals surface area contributed by atoms with Crippen molar-refractivity contribution in [3.63, 3.8) is 0 Å². The van der Waals surface area contributed by atoms with Gasteiger partial charge in [0.25, 0.3) is 5.56 Å². The molecule has 0 atom stereocenters. The van der Waals surface area contributed by atoms with E-state index in [0.717, 1.165) is 10.8 Å². The Morgan fingerprint density at radius 3 is 2.75 bits per heavy atom. The van der Waals surface area contributed by atoms with E-state index in [0.29, 0.717) is 32.2 Å². The number of pyridine rings is 1. The number of nitrogens with zero attached hydrogens (tertiary/aromatic N) is 1. The fraction of sp³-hybridized carbons (Fsp3) is 0.438. The molecule has 0 fully saturated rings. The molecule has 0 spiro atoms. The van der Waals surface area contributed by atoms with Crippen LogP contribution in [-0.4, -0.2) is 24.3 Å². The molecule has 0 unspecified atom stereocenters. The Hall–Kier alpha value is -1.65. The monoisotopic (exact) mass is 274 g/mol. The Labute approximate surface area is 119 Å². The summed E-state index contributed by atoms with van der Waals surface area (Å²) in [5.41, 5.74) is 6.64. The maximum Gasteiger partial charge on any atom is 0.258 e. The van der Waals surface area contributed by atoms with Crippen LogP contribution in [0.25, 0.3) is 10.8 Å². The first kappa shape index (κ1) is 14.8. The van der Waals surface area contributed by atoms with Crippen molar-refractivity contribution >= 4 is 10.8 Å². The standard InChI is InChI=1S/C16H22N2O2/c1-12(2)13-3-4-15-14(11-13)5-7-18(16(15)19)8-10-20-9-6-17/h3-5,7,11-12H,6,8-10,17H2,1-2H3. The summed E-state index contributed by atoms with van der Waals surface area (Å²) in [5, 5.41) is 1.76. The van der Waals surface area contributed by atoms with Crippen LogP contribution < -0.4 is 11.3 Å². The van der Waals surface area contributed by atoms with Crippen LogP contribution in [0.5, 0.6) is 0 Å². The lowest BCUT2D eigenvalue weighted by Crippen LogP contribution is -2.22. The number of rotatable bonds is 6. The van der Waals surface area contributed by atoms with Gasteiger partial charge in [-0.25, -0.2) is 0 Å². The van der Waals surface area contributed by atoms with Gasteiger partial charge in [0.05, 0.1) is 13.2 Å². The molecule has 4 heteroatoms. The first-order valence-electron chi connectivity index (χ1n) is 7.04. The second-order valence-corrected chi connectivity index (χ2v) is 5.22. The molecule has 0 saturated heterocycles. The largest absolute Gasteiger partial charge is 0.378 e. The van der Waals surface area contributed by atoms with Crippen molar-refractivity contribution in [3.05, 3.63) is 46.4 Å². The van der Waals surface area contributed by atoms with Crippen LogP contribution in [-0.2, 0) is 11.3 Å². The predicted octanol–water partition coefficient (Wildman–Crippen LogP) is 2.10. The van der Waals surface area contributed by atoms with Gasteiger partial charge in [-0.15, -0.1) is 0 Å². The predicted molar refractivity (Wildman–Crippen MR) is 82.2 cm³/mol. The van der Waals surface area contributed by atoms with Gasteiger partial charge in [0.15, 0.2) is 0 Å². The number of benzene rings is 1. The second-order valence-electron chi connectivity index (χ2n) is 5.22. The minimum absolute atomic E-state index is 0.0363. The van der Waals surface area contributed by atoms with E-state index in [1.807, 2.05) is 24.4 Å². The van der Waals surface area contributed by atoms with Gasteiger partial charge in [-0.05, 0) is 29.0 Å². The summed E-state index contributed by atoms with van der Waals surface area (Å²) in [4.78, 5) is 12.4. The molecule has 2 aromatic rings. The second kappa shape index (κ2) is 6.68. The van der Waals surface area contributed by atoms with E-state index >= 15 is 0 Å². The highest BCUT2D eigenvalue weighted by molar-refractivity contribution is 5.82. The lowest BCUT2D eigenvalue weighted by molar-refractivity contribution is 0.132. The summed E-state index contributed by atoms with van der Waals surface area (Å²) < 4.78 is 7.01. The number of nitrogens with two attached hydrogens (primary N) is 1. The van der Waals surface area contributed by atoms with E-state index in [1.165, 1.54) is 5.56 Å². The van der Waals surface area contributed by atoms with Crippen LogP contribution in [0.15, 0.2) is 35.3 Å². The summed E-state index contributed by atoms with van der Waals surface area (Å²) in [7, 11) is 0. The van der Waals surface area contributed by atoms with Crippen molar-refractivity contribution in [2.45, 2.75) is 26.3 Å². The zero-order valence-corrected chi connectivity index (χ0v) is 12.1. The molecule has 1 heterocycles. The van der Waals surface area contributed by atoms with Gasteiger partial charge < -0.3 is 15.0 Å². The Morgan fingerprint density at radius 1 is 1.25 bits per heavy atom. The molecule has 0 aliphatic carbocycles. The molecule has 4 nitrogen and oxygen atoms in total. The Kier molecular flexibility index (Phi) is 4.93. The smallest absolute Gasteiger partial charge is 0.258 e. The van der Waals surface area contributed by atoms with Crippen molar-refractivity contribution in [1.29, 1.82) is 0 Å². The summed E-state index contributed by atoms with van der Waals surface area (Å²) in [6.45, 7) is 6.40. The fourth-order valence-electron chi connectivity index (χ4n) is 2.19. The topological polar surface area (TPSA) is 57.2 Å². The number of hydrogen-bond acceptors (Lipinski definition) is 3. The highest BCUT2D eigenvalue weighted by Crippen LogP contribution is 2.19. The van der Waals surface area contributed by atoms with Crippen LogP contribution >= 0.6 is 0 Å². The number of ether oxygens (including phenoxy) is 1. The minimum Gasteiger partial charge on any atom is -0.378 e.